The molecule has 0 saturated carbocycles. The summed E-state index contributed by atoms with van der Waals surface area (Å²) in [7, 11) is -0.719. The van der Waals surface area contributed by atoms with Crippen LogP contribution in [-0.2, 0) is 19.6 Å². The van der Waals surface area contributed by atoms with E-state index in [0.29, 0.717) is 43.2 Å². The molecule has 1 atom stereocenters. The van der Waals surface area contributed by atoms with E-state index in [9.17, 15) is 18.0 Å². The summed E-state index contributed by atoms with van der Waals surface area (Å²) in [6.45, 7) is 2.07. The number of carbonyl (C=O) groups is 2. The molecule has 2 aromatic rings. The van der Waals surface area contributed by atoms with Crippen molar-refractivity contribution in [3.05, 3.63) is 54.1 Å². The van der Waals surface area contributed by atoms with Gasteiger partial charge in [0.2, 0.25) is 5.91 Å². The highest BCUT2D eigenvalue weighted by atomic mass is 32.2. The van der Waals surface area contributed by atoms with Gasteiger partial charge in [-0.3, -0.25) is 14.3 Å². The lowest BCUT2D eigenvalue weighted by atomic mass is 9.96. The van der Waals surface area contributed by atoms with E-state index >= 15 is 0 Å². The second kappa shape index (κ2) is 11.8. The van der Waals surface area contributed by atoms with Gasteiger partial charge in [-0.1, -0.05) is 6.07 Å². The highest BCUT2D eigenvalue weighted by molar-refractivity contribution is 7.92. The Morgan fingerprint density at radius 3 is 2.59 bits per heavy atom. The van der Waals surface area contributed by atoms with Crippen LogP contribution in [0.3, 0.4) is 0 Å². The second-order valence-corrected chi connectivity index (χ2v) is 9.77. The van der Waals surface area contributed by atoms with Crippen molar-refractivity contribution >= 4 is 27.5 Å². The van der Waals surface area contributed by atoms with E-state index in [0.717, 1.165) is 19.3 Å². The fraction of sp³-hybridized carbons (Fsp3) is 0.417. The van der Waals surface area contributed by atoms with Gasteiger partial charge in [-0.15, -0.1) is 0 Å². The van der Waals surface area contributed by atoms with Crippen LogP contribution in [0, 0.1) is 5.92 Å². The van der Waals surface area contributed by atoms with E-state index in [-0.39, 0.29) is 22.6 Å². The number of piperidine rings is 1. The predicted octanol–water partition coefficient (Wildman–Crippen LogP) is 2.50. The number of ether oxygens (including phenoxy) is 2. The third-order valence-electron chi connectivity index (χ3n) is 5.64. The van der Waals surface area contributed by atoms with Crippen molar-refractivity contribution in [2.45, 2.75) is 24.2 Å². The van der Waals surface area contributed by atoms with Crippen molar-refractivity contribution in [2.75, 3.05) is 45.2 Å². The summed E-state index contributed by atoms with van der Waals surface area (Å²) in [4.78, 5) is 27.2. The summed E-state index contributed by atoms with van der Waals surface area (Å²) in [6, 6.07) is 12.4. The van der Waals surface area contributed by atoms with Crippen molar-refractivity contribution in [3.8, 4) is 5.75 Å². The molecule has 2 N–H and O–H groups in total. The Morgan fingerprint density at radius 2 is 1.88 bits per heavy atom. The largest absolute Gasteiger partial charge is 0.497 e. The molecule has 9 nitrogen and oxygen atoms in total. The van der Waals surface area contributed by atoms with Crippen LogP contribution in [0.4, 0.5) is 5.69 Å². The molecule has 184 valence electrons. The molecule has 10 heteroatoms. The number of hydrogen-bond donors (Lipinski definition) is 2. The minimum Gasteiger partial charge on any atom is -0.497 e. The predicted molar refractivity (Wildman–Crippen MR) is 128 cm³/mol. The van der Waals surface area contributed by atoms with Gasteiger partial charge >= 0.3 is 0 Å². The van der Waals surface area contributed by atoms with Gasteiger partial charge in [0.05, 0.1) is 17.9 Å². The second-order valence-electron chi connectivity index (χ2n) is 8.09. The van der Waals surface area contributed by atoms with Crippen molar-refractivity contribution in [1.82, 2.24) is 10.2 Å². The van der Waals surface area contributed by atoms with Crippen LogP contribution in [-0.4, -0.2) is 65.6 Å². The minimum atomic E-state index is -3.81. The quantitative estimate of drug-likeness (QED) is 0.496. The lowest BCUT2D eigenvalue weighted by molar-refractivity contribution is -0.126. The minimum absolute atomic E-state index is 0.0455. The lowest BCUT2D eigenvalue weighted by Crippen LogP contribution is -2.45. The van der Waals surface area contributed by atoms with Crippen LogP contribution in [0.5, 0.6) is 5.75 Å². The van der Waals surface area contributed by atoms with Crippen molar-refractivity contribution < 1.29 is 27.5 Å². The SMILES string of the molecule is COCCCNC(=O)[C@H]1CCCN(C(=O)c2ccc(NS(=O)(=O)c3cccc(OC)c3)cc2)C1. The van der Waals surface area contributed by atoms with E-state index < -0.39 is 10.0 Å². The number of methoxy groups -OCH3 is 2. The molecule has 1 saturated heterocycles. The Hall–Kier alpha value is -3.11. The molecule has 0 bridgehead atoms. The molecule has 1 aliphatic heterocycles. The number of carbonyl (C=O) groups excluding carboxylic acids is 2. The van der Waals surface area contributed by atoms with Gasteiger partial charge in [-0.05, 0) is 55.7 Å². The number of sulfonamides is 1. The zero-order valence-corrected chi connectivity index (χ0v) is 20.3. The number of anilines is 1. The van der Waals surface area contributed by atoms with Gasteiger partial charge in [0, 0.05) is 50.7 Å². The number of benzene rings is 2. The Kier molecular flexibility index (Phi) is 8.89. The molecule has 2 amide bonds. The van der Waals surface area contributed by atoms with E-state index in [1.165, 1.54) is 19.2 Å². The van der Waals surface area contributed by atoms with E-state index in [1.54, 1.807) is 48.4 Å². The van der Waals surface area contributed by atoms with E-state index in [2.05, 4.69) is 10.0 Å². The highest BCUT2D eigenvalue weighted by Crippen LogP contribution is 2.22. The maximum absolute atomic E-state index is 13.0. The number of nitrogens with zero attached hydrogens (tertiary/aromatic N) is 1. The molecule has 3 rings (SSSR count). The van der Waals surface area contributed by atoms with Crippen LogP contribution >= 0.6 is 0 Å². The average Bonchev–Trinajstić information content (AvgIpc) is 2.86. The topological polar surface area (TPSA) is 114 Å². The van der Waals surface area contributed by atoms with Crippen molar-refractivity contribution in [3.63, 3.8) is 0 Å². The lowest BCUT2D eigenvalue weighted by Gasteiger charge is -2.32. The molecular weight excluding hydrogens is 458 g/mol. The Balaban J connectivity index is 1.60. The molecule has 1 heterocycles. The number of nitrogens with one attached hydrogen (secondary N) is 2. The number of hydrogen-bond acceptors (Lipinski definition) is 6. The summed E-state index contributed by atoms with van der Waals surface area (Å²) < 4.78 is 37.9. The molecule has 1 aliphatic rings. The third kappa shape index (κ3) is 6.71. The van der Waals surface area contributed by atoms with Crippen molar-refractivity contribution in [2.24, 2.45) is 5.92 Å². The molecule has 34 heavy (non-hydrogen) atoms. The van der Waals surface area contributed by atoms with Crippen LogP contribution in [0.25, 0.3) is 0 Å². The zero-order valence-electron chi connectivity index (χ0n) is 19.5. The van der Waals surface area contributed by atoms with Gasteiger partial charge < -0.3 is 19.7 Å². The van der Waals surface area contributed by atoms with Crippen molar-refractivity contribution in [1.29, 1.82) is 0 Å². The van der Waals surface area contributed by atoms with Gasteiger partial charge in [-0.2, -0.15) is 0 Å². The normalized spacial score (nSPS) is 16.1. The van der Waals surface area contributed by atoms with Gasteiger partial charge in [0.25, 0.3) is 15.9 Å². The molecule has 0 spiro atoms. The molecule has 1 fully saturated rings. The van der Waals surface area contributed by atoms with Crippen LogP contribution in [0.15, 0.2) is 53.4 Å². The van der Waals surface area contributed by atoms with E-state index in [1.807, 2.05) is 0 Å². The first kappa shape index (κ1) is 25.5. The first-order valence-electron chi connectivity index (χ1n) is 11.2. The third-order valence-corrected chi connectivity index (χ3v) is 7.02. The van der Waals surface area contributed by atoms with Crippen LogP contribution in [0.1, 0.15) is 29.6 Å². The molecule has 0 unspecified atom stereocenters. The standard InChI is InChI=1S/C24H31N3O6S/c1-32-15-5-13-25-23(28)19-6-4-14-27(17-19)24(29)18-9-11-20(12-10-18)26-34(30,31)22-8-3-7-21(16-22)33-2/h3,7-12,16,19,26H,4-6,13-15,17H2,1-2H3,(H,25,28)/t19-/m0/s1. The van der Waals surface area contributed by atoms with Gasteiger partial charge in [0.15, 0.2) is 0 Å². The Labute approximate surface area is 200 Å². The number of likely N-dealkylation sites (tertiary alicyclic amines) is 1. The first-order chi connectivity index (χ1) is 16.3. The summed E-state index contributed by atoms with van der Waals surface area (Å²) in [5, 5.41) is 2.91. The molecule has 0 radical (unpaired) electrons. The Bertz CT molecular complexity index is 1090. The van der Waals surface area contributed by atoms with E-state index in [4.69, 9.17) is 9.47 Å². The smallest absolute Gasteiger partial charge is 0.262 e. The number of rotatable bonds is 10. The summed E-state index contributed by atoms with van der Waals surface area (Å²) in [5.74, 6) is -0.0310. The monoisotopic (exact) mass is 489 g/mol. The maximum atomic E-state index is 13.0. The molecule has 2 aromatic carbocycles. The van der Waals surface area contributed by atoms with Crippen LogP contribution in [0.2, 0.25) is 0 Å². The Morgan fingerprint density at radius 1 is 1.12 bits per heavy atom. The summed E-state index contributed by atoms with van der Waals surface area (Å²) in [5.41, 5.74) is 0.775. The fourth-order valence-electron chi connectivity index (χ4n) is 3.79. The first-order valence-corrected chi connectivity index (χ1v) is 12.6. The molecule has 0 aliphatic carbocycles. The van der Waals surface area contributed by atoms with Crippen LogP contribution < -0.4 is 14.8 Å². The highest BCUT2D eigenvalue weighted by Gasteiger charge is 2.28. The average molecular weight is 490 g/mol. The zero-order chi connectivity index (χ0) is 24.6. The maximum Gasteiger partial charge on any atom is 0.262 e. The molecular formula is C24H31N3O6S. The number of amides is 2. The molecule has 0 aromatic heterocycles. The van der Waals surface area contributed by atoms with Gasteiger partial charge in [-0.25, -0.2) is 8.42 Å². The fourth-order valence-corrected chi connectivity index (χ4v) is 4.89. The van der Waals surface area contributed by atoms with Gasteiger partial charge in [0.1, 0.15) is 5.75 Å². The summed E-state index contributed by atoms with van der Waals surface area (Å²) in [6.07, 6.45) is 2.23. The summed E-state index contributed by atoms with van der Waals surface area (Å²) >= 11 is 0.